The van der Waals surface area contributed by atoms with Crippen LogP contribution in [0.2, 0.25) is 0 Å². The van der Waals surface area contributed by atoms with E-state index < -0.39 is 9.84 Å². The van der Waals surface area contributed by atoms with Crippen LogP contribution in [0, 0.1) is 0 Å². The molecule has 1 rings (SSSR count). The lowest BCUT2D eigenvalue weighted by molar-refractivity contribution is 0.602. The maximum absolute atomic E-state index is 11.2. The third-order valence-corrected chi connectivity index (χ3v) is 4.57. The molecule has 1 aromatic carbocycles. The highest BCUT2D eigenvalue weighted by atomic mass is 32.2. The molecule has 1 atom stereocenters. The zero-order valence-electron chi connectivity index (χ0n) is 9.51. The molecule has 1 aromatic rings. The van der Waals surface area contributed by atoms with Crippen LogP contribution in [0.15, 0.2) is 34.1 Å². The van der Waals surface area contributed by atoms with E-state index in [1.807, 2.05) is 12.1 Å². The Kier molecular flexibility index (Phi) is 4.83. The molecule has 0 bridgehead atoms. The second-order valence-corrected chi connectivity index (χ2v) is 6.83. The lowest BCUT2D eigenvalue weighted by Crippen LogP contribution is -2.21. The zero-order chi connectivity index (χ0) is 12.2. The summed E-state index contributed by atoms with van der Waals surface area (Å²) in [6.45, 7) is 2.05. The van der Waals surface area contributed by atoms with Crippen LogP contribution in [-0.2, 0) is 9.84 Å². The first-order chi connectivity index (χ1) is 7.43. The minimum absolute atomic E-state index is 0.194. The van der Waals surface area contributed by atoms with Gasteiger partial charge in [0.15, 0.2) is 9.84 Å². The van der Waals surface area contributed by atoms with Crippen LogP contribution < -0.4 is 5.73 Å². The molecule has 0 heterocycles. The Hall–Kier alpha value is -0.520. The Labute approximate surface area is 101 Å². The summed E-state index contributed by atoms with van der Waals surface area (Å²) in [5.74, 6) is 0.856. The Morgan fingerprint density at radius 1 is 1.31 bits per heavy atom. The Bertz CT molecular complexity index is 426. The van der Waals surface area contributed by atoms with Crippen LogP contribution in [0.5, 0.6) is 0 Å². The fourth-order valence-electron chi connectivity index (χ4n) is 1.10. The van der Waals surface area contributed by atoms with Gasteiger partial charge in [0.05, 0.1) is 4.90 Å². The van der Waals surface area contributed by atoms with Gasteiger partial charge in [-0.05, 0) is 30.7 Å². The second-order valence-electron chi connectivity index (χ2n) is 3.72. The van der Waals surface area contributed by atoms with E-state index in [0.717, 1.165) is 17.1 Å². The molecule has 0 fully saturated rings. The van der Waals surface area contributed by atoms with E-state index in [1.54, 1.807) is 23.9 Å². The molecule has 0 aliphatic heterocycles. The molecular weight excluding hydrogens is 242 g/mol. The normalized spacial score (nSPS) is 13.7. The van der Waals surface area contributed by atoms with Gasteiger partial charge in [-0.15, -0.1) is 11.8 Å². The van der Waals surface area contributed by atoms with Gasteiger partial charge in [-0.2, -0.15) is 0 Å². The van der Waals surface area contributed by atoms with E-state index in [-0.39, 0.29) is 6.04 Å². The highest BCUT2D eigenvalue weighted by Gasteiger charge is 2.06. The SMILES string of the molecule is CCC(N)CSc1ccc(S(C)(=O)=O)cc1. The molecule has 1 unspecified atom stereocenters. The molecule has 90 valence electrons. The van der Waals surface area contributed by atoms with Crippen LogP contribution in [0.25, 0.3) is 0 Å². The largest absolute Gasteiger partial charge is 0.327 e. The van der Waals surface area contributed by atoms with Gasteiger partial charge in [-0.3, -0.25) is 0 Å². The highest BCUT2D eigenvalue weighted by molar-refractivity contribution is 7.99. The average Bonchev–Trinajstić information content (AvgIpc) is 2.25. The maximum Gasteiger partial charge on any atom is 0.175 e. The van der Waals surface area contributed by atoms with Crippen molar-refractivity contribution in [2.45, 2.75) is 29.2 Å². The first-order valence-electron chi connectivity index (χ1n) is 5.12. The molecule has 2 N–H and O–H groups in total. The van der Waals surface area contributed by atoms with E-state index in [1.165, 1.54) is 6.26 Å². The monoisotopic (exact) mass is 259 g/mol. The second kappa shape index (κ2) is 5.70. The van der Waals surface area contributed by atoms with Crippen molar-refractivity contribution >= 4 is 21.6 Å². The first kappa shape index (κ1) is 13.5. The summed E-state index contributed by atoms with van der Waals surface area (Å²) in [5.41, 5.74) is 5.80. The number of benzene rings is 1. The fraction of sp³-hybridized carbons (Fsp3) is 0.455. The summed E-state index contributed by atoms with van der Waals surface area (Å²) in [6, 6.07) is 7.11. The van der Waals surface area contributed by atoms with Crippen LogP contribution in [0.1, 0.15) is 13.3 Å². The number of hydrogen-bond donors (Lipinski definition) is 1. The Morgan fingerprint density at radius 3 is 2.31 bits per heavy atom. The van der Waals surface area contributed by atoms with Crippen molar-refractivity contribution in [3.63, 3.8) is 0 Å². The summed E-state index contributed by atoms with van der Waals surface area (Å²) in [4.78, 5) is 1.41. The van der Waals surface area contributed by atoms with Crippen molar-refractivity contribution in [2.75, 3.05) is 12.0 Å². The smallest absolute Gasteiger partial charge is 0.175 e. The van der Waals surface area contributed by atoms with Crippen molar-refractivity contribution < 1.29 is 8.42 Å². The summed E-state index contributed by atoms with van der Waals surface area (Å²) >= 11 is 1.65. The van der Waals surface area contributed by atoms with E-state index in [0.29, 0.717) is 4.90 Å². The lowest BCUT2D eigenvalue weighted by atomic mass is 10.3. The molecule has 3 nitrogen and oxygen atoms in total. The Balaban J connectivity index is 2.66. The average molecular weight is 259 g/mol. The topological polar surface area (TPSA) is 60.2 Å². The van der Waals surface area contributed by atoms with E-state index >= 15 is 0 Å². The fourth-order valence-corrected chi connectivity index (χ4v) is 2.71. The molecule has 0 radical (unpaired) electrons. The lowest BCUT2D eigenvalue weighted by Gasteiger charge is -2.08. The van der Waals surface area contributed by atoms with Gasteiger partial charge in [-0.1, -0.05) is 6.92 Å². The van der Waals surface area contributed by atoms with Gasteiger partial charge in [-0.25, -0.2) is 8.42 Å². The first-order valence-corrected chi connectivity index (χ1v) is 7.99. The number of hydrogen-bond acceptors (Lipinski definition) is 4. The molecule has 0 amide bonds. The quantitative estimate of drug-likeness (QED) is 0.821. The van der Waals surface area contributed by atoms with Crippen molar-refractivity contribution in [2.24, 2.45) is 5.73 Å². The molecule has 0 saturated heterocycles. The molecular formula is C11H17NO2S2. The van der Waals surface area contributed by atoms with Gasteiger partial charge in [0.2, 0.25) is 0 Å². The number of rotatable bonds is 5. The molecule has 16 heavy (non-hydrogen) atoms. The van der Waals surface area contributed by atoms with Crippen molar-refractivity contribution in [1.82, 2.24) is 0 Å². The van der Waals surface area contributed by atoms with Gasteiger partial charge >= 0.3 is 0 Å². The van der Waals surface area contributed by atoms with Gasteiger partial charge in [0.1, 0.15) is 0 Å². The van der Waals surface area contributed by atoms with Gasteiger partial charge in [0, 0.05) is 22.9 Å². The number of thioether (sulfide) groups is 1. The number of sulfone groups is 1. The van der Waals surface area contributed by atoms with Crippen molar-refractivity contribution in [3.05, 3.63) is 24.3 Å². The van der Waals surface area contributed by atoms with Crippen LogP contribution >= 0.6 is 11.8 Å². The molecule has 0 saturated carbocycles. The molecule has 0 aliphatic rings. The highest BCUT2D eigenvalue weighted by Crippen LogP contribution is 2.21. The number of nitrogens with two attached hydrogens (primary N) is 1. The molecule has 0 aliphatic carbocycles. The molecule has 0 aromatic heterocycles. The molecule has 5 heteroatoms. The van der Waals surface area contributed by atoms with Crippen LogP contribution in [0.3, 0.4) is 0 Å². The zero-order valence-corrected chi connectivity index (χ0v) is 11.1. The third-order valence-electron chi connectivity index (χ3n) is 2.24. The van der Waals surface area contributed by atoms with Crippen LogP contribution in [-0.4, -0.2) is 26.5 Å². The van der Waals surface area contributed by atoms with Crippen molar-refractivity contribution in [1.29, 1.82) is 0 Å². The van der Waals surface area contributed by atoms with E-state index in [9.17, 15) is 8.42 Å². The third kappa shape index (κ3) is 4.15. The maximum atomic E-state index is 11.2. The van der Waals surface area contributed by atoms with Gasteiger partial charge < -0.3 is 5.73 Å². The van der Waals surface area contributed by atoms with Gasteiger partial charge in [0.25, 0.3) is 0 Å². The van der Waals surface area contributed by atoms with E-state index in [2.05, 4.69) is 6.92 Å². The molecule has 0 spiro atoms. The Morgan fingerprint density at radius 2 is 1.88 bits per heavy atom. The minimum Gasteiger partial charge on any atom is -0.327 e. The summed E-state index contributed by atoms with van der Waals surface area (Å²) < 4.78 is 22.5. The summed E-state index contributed by atoms with van der Waals surface area (Å²) in [6.07, 6.45) is 2.16. The van der Waals surface area contributed by atoms with Crippen LogP contribution in [0.4, 0.5) is 0 Å². The van der Waals surface area contributed by atoms with Crippen molar-refractivity contribution in [3.8, 4) is 0 Å². The predicted octanol–water partition coefficient (Wildman–Crippen LogP) is 1.92. The standard InChI is InChI=1S/C11H17NO2S2/c1-3-9(12)8-15-10-4-6-11(7-5-10)16(2,13)14/h4-7,9H,3,8,12H2,1-2H3. The summed E-state index contributed by atoms with van der Waals surface area (Å²) in [7, 11) is -3.09. The minimum atomic E-state index is -3.09. The van der Waals surface area contributed by atoms with E-state index in [4.69, 9.17) is 5.73 Å². The summed E-state index contributed by atoms with van der Waals surface area (Å²) in [5, 5.41) is 0. The predicted molar refractivity (Wildman–Crippen MR) is 68.5 cm³/mol.